The number of hydrogen-bond donors (Lipinski definition) is 3. The van der Waals surface area contributed by atoms with Crippen LogP contribution in [-0.2, 0) is 10.0 Å². The molecule has 0 radical (unpaired) electrons. The summed E-state index contributed by atoms with van der Waals surface area (Å²) in [7, 11) is -3.70. The third kappa shape index (κ3) is 4.08. The number of rotatable bonds is 6. The molecule has 0 bridgehead atoms. The van der Waals surface area contributed by atoms with Crippen molar-refractivity contribution in [3.05, 3.63) is 18.2 Å². The van der Waals surface area contributed by atoms with E-state index in [1.807, 2.05) is 6.26 Å². The van der Waals surface area contributed by atoms with Crippen LogP contribution in [0.1, 0.15) is 13.3 Å². The normalized spacial score (nSPS) is 13.3. The minimum Gasteiger partial charge on any atom is -0.397 e. The molecule has 1 atom stereocenters. The van der Waals surface area contributed by atoms with Gasteiger partial charge in [-0.1, -0.05) is 6.92 Å². The number of benzene rings is 1. The Balaban J connectivity index is 2.92. The Bertz CT molecular complexity index is 503. The predicted molar refractivity (Wildman–Crippen MR) is 78.3 cm³/mol. The molecule has 0 saturated heterocycles. The maximum Gasteiger partial charge on any atom is 0.238 e. The first-order valence-corrected chi connectivity index (χ1v) is 8.50. The molecule has 0 amide bonds. The van der Waals surface area contributed by atoms with Crippen molar-refractivity contribution in [3.8, 4) is 0 Å². The number of nitrogens with two attached hydrogens (primary N) is 2. The molecule has 102 valence electrons. The van der Waals surface area contributed by atoms with E-state index in [1.165, 1.54) is 12.1 Å². The summed E-state index contributed by atoms with van der Waals surface area (Å²) >= 11 is 1.75. The minimum absolute atomic E-state index is 0.0310. The second-order valence-electron chi connectivity index (χ2n) is 4.00. The van der Waals surface area contributed by atoms with Gasteiger partial charge in [-0.15, -0.1) is 0 Å². The van der Waals surface area contributed by atoms with Crippen LogP contribution in [0.2, 0.25) is 0 Å². The average Bonchev–Trinajstić information content (AvgIpc) is 2.29. The fourth-order valence-corrected chi connectivity index (χ4v) is 2.80. The number of nitrogens with one attached hydrogen (secondary N) is 1. The number of sulfonamides is 1. The van der Waals surface area contributed by atoms with Gasteiger partial charge in [0, 0.05) is 11.8 Å². The van der Waals surface area contributed by atoms with E-state index in [2.05, 4.69) is 12.2 Å². The van der Waals surface area contributed by atoms with Crippen LogP contribution in [0.5, 0.6) is 0 Å². The zero-order chi connectivity index (χ0) is 13.8. The summed E-state index contributed by atoms with van der Waals surface area (Å²) in [5, 5.41) is 8.34. The van der Waals surface area contributed by atoms with Crippen molar-refractivity contribution >= 4 is 33.2 Å². The second kappa shape index (κ2) is 6.31. The standard InChI is InChI=1S/C11H19N3O2S2/c1-3-8(7-17-2)14-11-5-4-9(6-10(11)12)18(13,15)16/h4-6,8,14H,3,7,12H2,1-2H3,(H2,13,15,16). The van der Waals surface area contributed by atoms with Gasteiger partial charge in [0.15, 0.2) is 0 Å². The Morgan fingerprint density at radius 3 is 2.56 bits per heavy atom. The molecule has 0 saturated carbocycles. The lowest BCUT2D eigenvalue weighted by atomic mass is 10.2. The number of thioether (sulfide) groups is 1. The number of hydrogen-bond acceptors (Lipinski definition) is 5. The molecule has 1 aromatic rings. The van der Waals surface area contributed by atoms with E-state index in [0.717, 1.165) is 17.9 Å². The Labute approximate surface area is 112 Å². The molecule has 0 fully saturated rings. The minimum atomic E-state index is -3.70. The maximum atomic E-state index is 11.2. The lowest BCUT2D eigenvalue weighted by Gasteiger charge is -2.18. The van der Waals surface area contributed by atoms with E-state index in [4.69, 9.17) is 10.9 Å². The SMILES string of the molecule is CCC(CSC)Nc1ccc(S(N)(=O)=O)cc1N. The van der Waals surface area contributed by atoms with E-state index < -0.39 is 10.0 Å². The van der Waals surface area contributed by atoms with Crippen LogP contribution in [-0.4, -0.2) is 26.5 Å². The summed E-state index contributed by atoms with van der Waals surface area (Å²) in [6.45, 7) is 2.09. The highest BCUT2D eigenvalue weighted by molar-refractivity contribution is 7.98. The van der Waals surface area contributed by atoms with Gasteiger partial charge in [0.05, 0.1) is 16.3 Å². The molecule has 1 aromatic carbocycles. The monoisotopic (exact) mass is 289 g/mol. The van der Waals surface area contributed by atoms with Gasteiger partial charge in [0.1, 0.15) is 0 Å². The first-order valence-electron chi connectivity index (χ1n) is 5.56. The molecular weight excluding hydrogens is 270 g/mol. The average molecular weight is 289 g/mol. The molecule has 5 N–H and O–H groups in total. The smallest absolute Gasteiger partial charge is 0.238 e. The first-order chi connectivity index (χ1) is 8.38. The molecule has 0 aromatic heterocycles. The van der Waals surface area contributed by atoms with Gasteiger partial charge in [0.25, 0.3) is 0 Å². The fourth-order valence-electron chi connectivity index (χ4n) is 1.53. The number of nitrogen functional groups attached to an aromatic ring is 1. The highest BCUT2D eigenvalue weighted by Crippen LogP contribution is 2.23. The lowest BCUT2D eigenvalue weighted by molar-refractivity contribution is 0.598. The van der Waals surface area contributed by atoms with E-state index in [9.17, 15) is 8.42 Å². The Morgan fingerprint density at radius 2 is 2.11 bits per heavy atom. The van der Waals surface area contributed by atoms with E-state index in [1.54, 1.807) is 17.8 Å². The molecule has 1 rings (SSSR count). The van der Waals surface area contributed by atoms with Gasteiger partial charge >= 0.3 is 0 Å². The van der Waals surface area contributed by atoms with Gasteiger partial charge in [0.2, 0.25) is 10.0 Å². The Morgan fingerprint density at radius 1 is 1.44 bits per heavy atom. The van der Waals surface area contributed by atoms with Crippen molar-refractivity contribution in [2.24, 2.45) is 5.14 Å². The highest BCUT2D eigenvalue weighted by Gasteiger charge is 2.12. The topological polar surface area (TPSA) is 98.2 Å². The summed E-state index contributed by atoms with van der Waals surface area (Å²) in [6, 6.07) is 4.80. The molecule has 0 aliphatic heterocycles. The van der Waals surface area contributed by atoms with Crippen molar-refractivity contribution in [1.82, 2.24) is 0 Å². The van der Waals surface area contributed by atoms with Gasteiger partial charge in [-0.3, -0.25) is 0 Å². The van der Waals surface area contributed by atoms with Gasteiger partial charge in [-0.25, -0.2) is 13.6 Å². The van der Waals surface area contributed by atoms with E-state index in [-0.39, 0.29) is 4.90 Å². The lowest BCUT2D eigenvalue weighted by Crippen LogP contribution is -2.22. The summed E-state index contributed by atoms with van der Waals surface area (Å²) in [5.74, 6) is 0.965. The molecule has 0 spiro atoms. The van der Waals surface area contributed by atoms with E-state index in [0.29, 0.717) is 11.7 Å². The summed E-state index contributed by atoms with van der Waals surface area (Å²) < 4.78 is 22.4. The first kappa shape index (κ1) is 15.1. The van der Waals surface area contributed by atoms with Crippen LogP contribution >= 0.6 is 11.8 Å². The van der Waals surface area contributed by atoms with Gasteiger partial charge in [-0.2, -0.15) is 11.8 Å². The third-order valence-corrected chi connectivity index (χ3v) is 4.22. The largest absolute Gasteiger partial charge is 0.397 e. The molecular formula is C11H19N3O2S2. The van der Waals surface area contributed by atoms with Crippen LogP contribution in [0.25, 0.3) is 0 Å². The summed E-state index contributed by atoms with van der Waals surface area (Å²) in [4.78, 5) is 0.0310. The highest BCUT2D eigenvalue weighted by atomic mass is 32.2. The fraction of sp³-hybridized carbons (Fsp3) is 0.455. The number of primary sulfonamides is 1. The van der Waals surface area contributed by atoms with Crippen LogP contribution in [0.4, 0.5) is 11.4 Å². The van der Waals surface area contributed by atoms with Crippen molar-refractivity contribution in [1.29, 1.82) is 0 Å². The molecule has 5 nitrogen and oxygen atoms in total. The molecule has 7 heteroatoms. The molecule has 18 heavy (non-hydrogen) atoms. The van der Waals surface area contributed by atoms with E-state index >= 15 is 0 Å². The predicted octanol–water partition coefficient (Wildman–Crippen LogP) is 1.47. The molecule has 0 aliphatic rings. The second-order valence-corrected chi connectivity index (χ2v) is 6.47. The zero-order valence-electron chi connectivity index (χ0n) is 10.5. The third-order valence-electron chi connectivity index (χ3n) is 2.57. The Hall–Kier alpha value is -0.920. The maximum absolute atomic E-state index is 11.2. The van der Waals surface area contributed by atoms with Gasteiger partial charge < -0.3 is 11.1 Å². The molecule has 0 aliphatic carbocycles. The van der Waals surface area contributed by atoms with Crippen LogP contribution in [0, 0.1) is 0 Å². The zero-order valence-corrected chi connectivity index (χ0v) is 12.1. The van der Waals surface area contributed by atoms with Crippen molar-refractivity contribution in [2.75, 3.05) is 23.1 Å². The summed E-state index contributed by atoms with van der Waals surface area (Å²) in [5.41, 5.74) is 6.96. The van der Waals surface area contributed by atoms with Crippen molar-refractivity contribution in [3.63, 3.8) is 0 Å². The van der Waals surface area contributed by atoms with Crippen LogP contribution in [0.15, 0.2) is 23.1 Å². The molecule has 0 heterocycles. The van der Waals surface area contributed by atoms with Gasteiger partial charge in [-0.05, 0) is 30.9 Å². The van der Waals surface area contributed by atoms with Crippen LogP contribution < -0.4 is 16.2 Å². The summed E-state index contributed by atoms with van der Waals surface area (Å²) in [6.07, 6.45) is 3.01. The number of anilines is 2. The van der Waals surface area contributed by atoms with Crippen molar-refractivity contribution < 1.29 is 8.42 Å². The quantitative estimate of drug-likeness (QED) is 0.689. The van der Waals surface area contributed by atoms with Crippen molar-refractivity contribution in [2.45, 2.75) is 24.3 Å². The molecule has 1 unspecified atom stereocenters. The van der Waals surface area contributed by atoms with Crippen LogP contribution in [0.3, 0.4) is 0 Å². The Kier molecular flexibility index (Phi) is 5.30.